The molecule has 0 saturated carbocycles. The molecule has 0 aliphatic carbocycles. The average molecular weight is 480 g/mol. The van der Waals surface area contributed by atoms with Gasteiger partial charge in [-0.2, -0.15) is 0 Å². The predicted molar refractivity (Wildman–Crippen MR) is 122 cm³/mol. The normalized spacial score (nSPS) is 10.3. The summed E-state index contributed by atoms with van der Waals surface area (Å²) in [7, 11) is 0. The van der Waals surface area contributed by atoms with Crippen molar-refractivity contribution in [2.24, 2.45) is 0 Å². The number of carbonyl (C=O) groups excluding carboxylic acids is 3. The first-order valence-electron chi connectivity index (χ1n) is 8.54. The minimum atomic E-state index is -0.481. The maximum absolute atomic E-state index is 12.5. The van der Waals surface area contributed by atoms with Gasteiger partial charge in [0, 0.05) is 20.6 Å². The number of hydrogen-bond donors (Lipinski definition) is 3. The van der Waals surface area contributed by atoms with E-state index >= 15 is 0 Å². The number of nitrogens with one attached hydrogen (secondary N) is 3. The molecule has 3 rings (SSSR count). The fourth-order valence-electron chi connectivity index (χ4n) is 2.40. The van der Waals surface area contributed by atoms with E-state index in [0.717, 1.165) is 0 Å². The Hall–Kier alpha value is -2.52. The standard InChI is InChI=1S/C20H15Cl2N3O3S2/c21-12-8-13(22)10-14(9-12)23-18(26)11-30-16-5-2-1-4-15(16)19(27)24-25-20(28)17-6-3-7-29-17/h1-10H,11H2,(H,23,26)(H,24,27)(H,25,28). The number of amides is 3. The number of halogens is 2. The van der Waals surface area contributed by atoms with Gasteiger partial charge in [0.2, 0.25) is 5.91 Å². The van der Waals surface area contributed by atoms with Gasteiger partial charge >= 0.3 is 0 Å². The number of hydrogen-bond acceptors (Lipinski definition) is 5. The van der Waals surface area contributed by atoms with Gasteiger partial charge in [-0.15, -0.1) is 23.1 Å². The van der Waals surface area contributed by atoms with Gasteiger partial charge in [0.1, 0.15) is 0 Å². The molecule has 0 atom stereocenters. The maximum atomic E-state index is 12.5. The van der Waals surface area contributed by atoms with Crippen LogP contribution in [-0.4, -0.2) is 23.5 Å². The Balaban J connectivity index is 1.58. The second-order valence-electron chi connectivity index (χ2n) is 5.88. The first-order valence-corrected chi connectivity index (χ1v) is 11.2. The molecule has 3 amide bonds. The van der Waals surface area contributed by atoms with Crippen LogP contribution in [-0.2, 0) is 4.79 Å². The van der Waals surface area contributed by atoms with Crippen LogP contribution in [0.15, 0.2) is 64.9 Å². The van der Waals surface area contributed by atoms with Crippen molar-refractivity contribution in [3.05, 3.63) is 80.5 Å². The number of anilines is 1. The number of thioether (sulfide) groups is 1. The van der Waals surface area contributed by atoms with Crippen LogP contribution < -0.4 is 16.2 Å². The van der Waals surface area contributed by atoms with Gasteiger partial charge in [0.15, 0.2) is 0 Å². The fourth-order valence-corrected chi connectivity index (χ4v) is 4.39. The Morgan fingerprint density at radius 1 is 0.900 bits per heavy atom. The quantitative estimate of drug-likeness (QED) is 0.347. The molecule has 154 valence electrons. The summed E-state index contributed by atoms with van der Waals surface area (Å²) in [5, 5.41) is 5.31. The van der Waals surface area contributed by atoms with Crippen LogP contribution in [0, 0.1) is 0 Å². The second kappa shape index (κ2) is 10.5. The van der Waals surface area contributed by atoms with E-state index in [9.17, 15) is 14.4 Å². The van der Waals surface area contributed by atoms with E-state index in [4.69, 9.17) is 23.2 Å². The zero-order valence-electron chi connectivity index (χ0n) is 15.3. The molecule has 0 saturated heterocycles. The van der Waals surface area contributed by atoms with Gasteiger partial charge < -0.3 is 5.32 Å². The number of rotatable bonds is 6. The zero-order chi connectivity index (χ0) is 21.5. The van der Waals surface area contributed by atoms with E-state index < -0.39 is 11.8 Å². The summed E-state index contributed by atoms with van der Waals surface area (Å²) in [6.07, 6.45) is 0. The molecule has 6 nitrogen and oxygen atoms in total. The van der Waals surface area contributed by atoms with Crippen LogP contribution in [0.2, 0.25) is 10.0 Å². The topological polar surface area (TPSA) is 87.3 Å². The largest absolute Gasteiger partial charge is 0.325 e. The average Bonchev–Trinajstić information content (AvgIpc) is 3.24. The van der Waals surface area contributed by atoms with Crippen LogP contribution >= 0.6 is 46.3 Å². The summed E-state index contributed by atoms with van der Waals surface area (Å²) in [5.41, 5.74) is 5.60. The van der Waals surface area contributed by atoms with E-state index in [1.54, 1.807) is 60.0 Å². The minimum absolute atomic E-state index is 0.0655. The Morgan fingerprint density at radius 2 is 1.60 bits per heavy atom. The highest BCUT2D eigenvalue weighted by atomic mass is 35.5. The van der Waals surface area contributed by atoms with Crippen molar-refractivity contribution in [3.8, 4) is 0 Å². The number of hydrazine groups is 1. The summed E-state index contributed by atoms with van der Waals surface area (Å²) in [4.78, 5) is 37.8. The molecule has 2 aromatic carbocycles. The Morgan fingerprint density at radius 3 is 2.30 bits per heavy atom. The highest BCUT2D eigenvalue weighted by molar-refractivity contribution is 8.00. The molecule has 10 heteroatoms. The second-order valence-corrected chi connectivity index (χ2v) is 8.71. The van der Waals surface area contributed by atoms with Gasteiger partial charge in [-0.25, -0.2) is 0 Å². The molecular formula is C20H15Cl2N3O3S2. The van der Waals surface area contributed by atoms with Crippen molar-refractivity contribution in [2.45, 2.75) is 4.90 Å². The molecule has 0 fully saturated rings. The lowest BCUT2D eigenvalue weighted by molar-refractivity contribution is -0.113. The van der Waals surface area contributed by atoms with E-state index in [1.807, 2.05) is 0 Å². The van der Waals surface area contributed by atoms with Crippen LogP contribution in [0.25, 0.3) is 0 Å². The van der Waals surface area contributed by atoms with Gasteiger partial charge in [0.05, 0.1) is 16.2 Å². The SMILES string of the molecule is O=C(CSc1ccccc1C(=O)NNC(=O)c1cccs1)Nc1cc(Cl)cc(Cl)c1. The summed E-state index contributed by atoms with van der Waals surface area (Å²) in [6.45, 7) is 0. The third kappa shape index (κ3) is 6.24. The van der Waals surface area contributed by atoms with E-state index in [0.29, 0.717) is 31.1 Å². The van der Waals surface area contributed by atoms with E-state index in [2.05, 4.69) is 16.2 Å². The molecule has 0 radical (unpaired) electrons. The monoisotopic (exact) mass is 479 g/mol. The Labute approximate surface area is 190 Å². The maximum Gasteiger partial charge on any atom is 0.279 e. The number of benzene rings is 2. The van der Waals surface area contributed by atoms with Crippen molar-refractivity contribution in [1.29, 1.82) is 0 Å². The Kier molecular flexibility index (Phi) is 7.75. The summed E-state index contributed by atoms with van der Waals surface area (Å²) in [6, 6.07) is 15.0. The lowest BCUT2D eigenvalue weighted by atomic mass is 10.2. The van der Waals surface area contributed by atoms with Gasteiger partial charge in [0.25, 0.3) is 11.8 Å². The van der Waals surface area contributed by atoms with E-state index in [1.165, 1.54) is 23.1 Å². The molecule has 1 heterocycles. The lowest BCUT2D eigenvalue weighted by Crippen LogP contribution is -2.41. The minimum Gasteiger partial charge on any atom is -0.325 e. The lowest BCUT2D eigenvalue weighted by Gasteiger charge is -2.11. The van der Waals surface area contributed by atoms with Crippen LogP contribution in [0.1, 0.15) is 20.0 Å². The van der Waals surface area contributed by atoms with Crippen LogP contribution in [0.3, 0.4) is 0 Å². The van der Waals surface area contributed by atoms with Crippen molar-refractivity contribution < 1.29 is 14.4 Å². The molecule has 3 N–H and O–H groups in total. The molecule has 0 spiro atoms. The van der Waals surface area contributed by atoms with Crippen molar-refractivity contribution in [2.75, 3.05) is 11.1 Å². The van der Waals surface area contributed by atoms with Crippen molar-refractivity contribution in [3.63, 3.8) is 0 Å². The van der Waals surface area contributed by atoms with Crippen LogP contribution in [0.4, 0.5) is 5.69 Å². The zero-order valence-corrected chi connectivity index (χ0v) is 18.4. The third-order valence-electron chi connectivity index (χ3n) is 3.67. The summed E-state index contributed by atoms with van der Waals surface area (Å²) >= 11 is 14.3. The number of thiophene rings is 1. The van der Waals surface area contributed by atoms with Gasteiger partial charge in [-0.05, 0) is 41.8 Å². The molecular weight excluding hydrogens is 465 g/mol. The molecule has 0 aliphatic heterocycles. The third-order valence-corrected chi connectivity index (χ3v) is 6.05. The molecule has 3 aromatic rings. The molecule has 0 unspecified atom stereocenters. The number of carbonyl (C=O) groups is 3. The molecule has 0 bridgehead atoms. The summed E-state index contributed by atoms with van der Waals surface area (Å²) in [5.74, 6) is -1.09. The predicted octanol–water partition coefficient (Wildman–Crippen LogP) is 4.86. The first-order chi connectivity index (χ1) is 14.4. The first kappa shape index (κ1) is 22.2. The highest BCUT2D eigenvalue weighted by Gasteiger charge is 2.15. The fraction of sp³-hybridized carbons (Fsp3) is 0.0500. The highest BCUT2D eigenvalue weighted by Crippen LogP contribution is 2.25. The van der Waals surface area contributed by atoms with Crippen LogP contribution in [0.5, 0.6) is 0 Å². The molecule has 30 heavy (non-hydrogen) atoms. The molecule has 0 aliphatic rings. The van der Waals surface area contributed by atoms with Crippen molar-refractivity contribution in [1.82, 2.24) is 10.9 Å². The van der Waals surface area contributed by atoms with E-state index in [-0.39, 0.29) is 11.7 Å². The van der Waals surface area contributed by atoms with Gasteiger partial charge in [-0.3, -0.25) is 25.2 Å². The van der Waals surface area contributed by atoms with Gasteiger partial charge in [-0.1, -0.05) is 41.4 Å². The molecule has 1 aromatic heterocycles. The van der Waals surface area contributed by atoms with Crippen molar-refractivity contribution >= 4 is 69.7 Å². The Bertz CT molecular complexity index is 1050. The smallest absolute Gasteiger partial charge is 0.279 e. The summed E-state index contributed by atoms with van der Waals surface area (Å²) < 4.78 is 0.